The highest BCUT2D eigenvalue weighted by atomic mass is 35.5. The highest BCUT2D eigenvalue weighted by Crippen LogP contribution is 2.26. The van der Waals surface area contributed by atoms with E-state index in [1.807, 2.05) is 12.1 Å². The van der Waals surface area contributed by atoms with E-state index in [9.17, 15) is 4.79 Å². The first-order chi connectivity index (χ1) is 12.2. The number of hydrogen-bond donors (Lipinski definition) is 1. The van der Waals surface area contributed by atoms with Crippen molar-refractivity contribution in [1.82, 2.24) is 5.32 Å². The second kappa shape index (κ2) is 8.39. The normalized spacial score (nSPS) is 18.2. The molecule has 25 heavy (non-hydrogen) atoms. The number of ether oxygens (including phenoxy) is 1. The molecule has 2 aromatic rings. The Hall–Kier alpha value is -2.00. The van der Waals surface area contributed by atoms with Crippen molar-refractivity contribution in [3.8, 4) is 5.75 Å². The molecule has 0 radical (unpaired) electrons. The van der Waals surface area contributed by atoms with Crippen molar-refractivity contribution in [2.45, 2.75) is 32.1 Å². The van der Waals surface area contributed by atoms with Crippen LogP contribution >= 0.6 is 11.6 Å². The van der Waals surface area contributed by atoms with E-state index in [0.29, 0.717) is 11.4 Å². The second-order valence-electron chi connectivity index (χ2n) is 6.56. The quantitative estimate of drug-likeness (QED) is 0.893. The van der Waals surface area contributed by atoms with Gasteiger partial charge in [0.15, 0.2) is 0 Å². The minimum Gasteiger partial charge on any atom is -0.497 e. The Morgan fingerprint density at radius 3 is 2.44 bits per heavy atom. The summed E-state index contributed by atoms with van der Waals surface area (Å²) < 4.78 is 5.08. The van der Waals surface area contributed by atoms with Crippen LogP contribution in [-0.4, -0.2) is 19.6 Å². The largest absolute Gasteiger partial charge is 0.497 e. The van der Waals surface area contributed by atoms with E-state index in [1.165, 1.54) is 19.3 Å². The van der Waals surface area contributed by atoms with Gasteiger partial charge < -0.3 is 10.1 Å². The van der Waals surface area contributed by atoms with E-state index < -0.39 is 0 Å². The van der Waals surface area contributed by atoms with Crippen molar-refractivity contribution in [1.29, 1.82) is 0 Å². The fourth-order valence-corrected chi connectivity index (χ4v) is 3.69. The fourth-order valence-electron chi connectivity index (χ4n) is 3.44. The molecule has 1 fully saturated rings. The molecule has 1 heterocycles. The third-order valence-corrected chi connectivity index (χ3v) is 5.25. The maximum atomic E-state index is 11.4. The maximum Gasteiger partial charge on any atom is 0.223 e. The zero-order valence-electron chi connectivity index (χ0n) is 14.6. The molecule has 1 amide bonds. The summed E-state index contributed by atoms with van der Waals surface area (Å²) in [5.74, 6) is 0.933. The van der Waals surface area contributed by atoms with Gasteiger partial charge in [-0.05, 0) is 60.9 Å². The fraction of sp³-hybridized carbons (Fsp3) is 0.381. The van der Waals surface area contributed by atoms with E-state index in [0.717, 1.165) is 24.3 Å². The van der Waals surface area contributed by atoms with Gasteiger partial charge in [0.1, 0.15) is 5.75 Å². The van der Waals surface area contributed by atoms with Crippen LogP contribution in [0.1, 0.15) is 29.5 Å². The molecule has 1 N–H and O–H groups in total. The number of hydrogen-bond acceptors (Lipinski definition) is 2. The molecule has 0 bridgehead atoms. The summed E-state index contributed by atoms with van der Waals surface area (Å²) in [4.78, 5) is 11.4. The molecule has 1 saturated heterocycles. The highest BCUT2D eigenvalue weighted by molar-refractivity contribution is 6.31. The number of halogens is 1. The number of rotatable bonds is 3. The Balaban J connectivity index is 0.000000170. The SMILES string of the molecule is COc1ccc(CC2CCNC2=O)c(Cl)c1.c1ccc2c(c1)CCC2. The monoisotopic (exact) mass is 357 g/mol. The Labute approximate surface area is 154 Å². The number of carbonyl (C=O) groups excluding carboxylic acids is 1. The highest BCUT2D eigenvalue weighted by Gasteiger charge is 2.24. The van der Waals surface area contributed by atoms with Crippen LogP contribution in [0.3, 0.4) is 0 Å². The molecule has 4 rings (SSSR count). The molecule has 132 valence electrons. The first-order valence-electron chi connectivity index (χ1n) is 8.84. The van der Waals surface area contributed by atoms with Gasteiger partial charge in [-0.25, -0.2) is 0 Å². The Kier molecular flexibility index (Phi) is 5.98. The summed E-state index contributed by atoms with van der Waals surface area (Å²) in [5.41, 5.74) is 4.14. The minimum atomic E-state index is 0.0610. The van der Waals surface area contributed by atoms with Crippen LogP contribution in [0.15, 0.2) is 42.5 Å². The lowest BCUT2D eigenvalue weighted by Gasteiger charge is -2.09. The van der Waals surface area contributed by atoms with Crippen molar-refractivity contribution in [2.24, 2.45) is 5.92 Å². The molecule has 1 aliphatic carbocycles. The Bertz CT molecular complexity index is 721. The molecular weight excluding hydrogens is 334 g/mol. The Morgan fingerprint density at radius 2 is 1.88 bits per heavy atom. The smallest absolute Gasteiger partial charge is 0.223 e. The van der Waals surface area contributed by atoms with Gasteiger partial charge in [0, 0.05) is 17.5 Å². The molecule has 1 aliphatic heterocycles. The van der Waals surface area contributed by atoms with Crippen LogP contribution < -0.4 is 10.1 Å². The van der Waals surface area contributed by atoms with Crippen LogP contribution in [0.2, 0.25) is 5.02 Å². The zero-order chi connectivity index (χ0) is 17.6. The van der Waals surface area contributed by atoms with Crippen LogP contribution in [0.5, 0.6) is 5.75 Å². The van der Waals surface area contributed by atoms with Crippen molar-refractivity contribution in [2.75, 3.05) is 13.7 Å². The molecule has 0 aromatic heterocycles. The van der Waals surface area contributed by atoms with Crippen molar-refractivity contribution < 1.29 is 9.53 Å². The average Bonchev–Trinajstić information content (AvgIpc) is 3.26. The van der Waals surface area contributed by atoms with Gasteiger partial charge in [0.25, 0.3) is 0 Å². The first kappa shape index (κ1) is 17.8. The summed E-state index contributed by atoms with van der Waals surface area (Å²) in [7, 11) is 1.61. The number of fused-ring (bicyclic) bond motifs is 1. The molecule has 1 unspecified atom stereocenters. The summed E-state index contributed by atoms with van der Waals surface area (Å²) in [6.45, 7) is 0.775. The van der Waals surface area contributed by atoms with Crippen LogP contribution in [-0.2, 0) is 24.1 Å². The lowest BCUT2D eigenvalue weighted by molar-refractivity contribution is -0.122. The molecule has 2 aliphatic rings. The van der Waals surface area contributed by atoms with E-state index in [4.69, 9.17) is 16.3 Å². The van der Waals surface area contributed by atoms with Crippen molar-refractivity contribution in [3.05, 3.63) is 64.2 Å². The number of carbonyl (C=O) groups is 1. The van der Waals surface area contributed by atoms with Crippen LogP contribution in [0.25, 0.3) is 0 Å². The summed E-state index contributed by atoms with van der Waals surface area (Å²) in [5, 5.41) is 3.49. The molecule has 1 atom stereocenters. The predicted molar refractivity (Wildman–Crippen MR) is 101 cm³/mol. The summed E-state index contributed by atoms with van der Waals surface area (Å²) in [6, 6.07) is 14.3. The number of amides is 1. The van der Waals surface area contributed by atoms with Gasteiger partial charge in [-0.3, -0.25) is 4.79 Å². The van der Waals surface area contributed by atoms with Gasteiger partial charge in [-0.1, -0.05) is 41.9 Å². The molecule has 3 nitrogen and oxygen atoms in total. The van der Waals surface area contributed by atoms with Crippen molar-refractivity contribution in [3.63, 3.8) is 0 Å². The number of nitrogens with one attached hydrogen (secondary N) is 1. The van der Waals surface area contributed by atoms with Gasteiger partial charge in [0.2, 0.25) is 5.91 Å². The minimum absolute atomic E-state index is 0.0610. The van der Waals surface area contributed by atoms with Gasteiger partial charge in [-0.2, -0.15) is 0 Å². The molecule has 0 spiro atoms. The first-order valence-corrected chi connectivity index (χ1v) is 9.22. The van der Waals surface area contributed by atoms with Gasteiger partial charge in [-0.15, -0.1) is 0 Å². The van der Waals surface area contributed by atoms with E-state index >= 15 is 0 Å². The molecule has 0 saturated carbocycles. The average molecular weight is 358 g/mol. The second-order valence-corrected chi connectivity index (χ2v) is 6.97. The lowest BCUT2D eigenvalue weighted by Crippen LogP contribution is -2.20. The van der Waals surface area contributed by atoms with Gasteiger partial charge >= 0.3 is 0 Å². The summed E-state index contributed by atoms with van der Waals surface area (Å²) in [6.07, 6.45) is 5.56. The molecule has 2 aromatic carbocycles. The van der Waals surface area contributed by atoms with E-state index in [2.05, 4.69) is 29.6 Å². The Morgan fingerprint density at radius 1 is 1.16 bits per heavy atom. The van der Waals surface area contributed by atoms with Crippen LogP contribution in [0, 0.1) is 5.92 Å². The number of benzene rings is 2. The van der Waals surface area contributed by atoms with E-state index in [1.54, 1.807) is 24.3 Å². The predicted octanol–water partition coefficient (Wildman–Crippen LogP) is 4.20. The standard InChI is InChI=1S/C12H14ClNO2.C9H10/c1-16-10-3-2-8(11(13)7-10)6-9-4-5-14-12(9)15;1-2-5-9-7-3-6-8(9)4-1/h2-3,7,9H,4-6H2,1H3,(H,14,15);1-2,4-5H,3,6-7H2. The number of methoxy groups -OCH3 is 1. The molecular formula is C21H24ClNO2. The zero-order valence-corrected chi connectivity index (χ0v) is 15.3. The molecule has 4 heteroatoms. The maximum absolute atomic E-state index is 11.4. The summed E-state index contributed by atoms with van der Waals surface area (Å²) >= 11 is 6.12. The van der Waals surface area contributed by atoms with Gasteiger partial charge in [0.05, 0.1) is 7.11 Å². The van der Waals surface area contributed by atoms with Crippen LogP contribution in [0.4, 0.5) is 0 Å². The third kappa shape index (κ3) is 4.55. The number of aryl methyl sites for hydroxylation is 2. The van der Waals surface area contributed by atoms with E-state index in [-0.39, 0.29) is 11.8 Å². The topological polar surface area (TPSA) is 38.3 Å². The third-order valence-electron chi connectivity index (χ3n) is 4.90. The van der Waals surface area contributed by atoms with Crippen molar-refractivity contribution >= 4 is 17.5 Å². The lowest BCUT2D eigenvalue weighted by atomic mass is 9.98.